The Bertz CT molecular complexity index is 196. The van der Waals surface area contributed by atoms with Crippen molar-refractivity contribution in [2.24, 2.45) is 11.8 Å². The van der Waals surface area contributed by atoms with Crippen LogP contribution in [-0.2, 0) is 0 Å². The molecule has 3 atom stereocenters. The van der Waals surface area contributed by atoms with Gasteiger partial charge in [-0.25, -0.2) is 4.39 Å². The lowest BCUT2D eigenvalue weighted by Gasteiger charge is -2.31. The van der Waals surface area contributed by atoms with E-state index < -0.39 is 6.10 Å². The molecular weight excluding hydrogens is 155 g/mol. The van der Waals surface area contributed by atoms with Crippen molar-refractivity contribution in [1.82, 2.24) is 0 Å². The molecule has 0 fully saturated rings. The smallest absolute Gasteiger partial charge is 0.0992 e. The van der Waals surface area contributed by atoms with E-state index in [9.17, 15) is 9.50 Å². The molecule has 2 heteroatoms. The molecule has 1 aliphatic rings. The van der Waals surface area contributed by atoms with Gasteiger partial charge in [-0.15, -0.1) is 0 Å². The fourth-order valence-electron chi connectivity index (χ4n) is 2.18. The molecule has 1 N–H and O–H groups in total. The zero-order valence-electron chi connectivity index (χ0n) is 7.97. The van der Waals surface area contributed by atoms with Crippen LogP contribution in [0.1, 0.15) is 33.6 Å². The first-order valence-electron chi connectivity index (χ1n) is 4.57. The molecule has 0 saturated carbocycles. The van der Waals surface area contributed by atoms with Crippen LogP contribution < -0.4 is 0 Å². The summed E-state index contributed by atoms with van der Waals surface area (Å²) in [5.41, 5.74) is 0.753. The van der Waals surface area contributed by atoms with E-state index in [0.29, 0.717) is 12.3 Å². The Kier molecular flexibility index (Phi) is 2.89. The highest BCUT2D eigenvalue weighted by molar-refractivity contribution is 5.15. The summed E-state index contributed by atoms with van der Waals surface area (Å²) >= 11 is 0. The van der Waals surface area contributed by atoms with Crippen molar-refractivity contribution in [1.29, 1.82) is 0 Å². The standard InChI is InChI=1S/C10H17FO/c1-6-4-5-9(11)7(2)10(6)8(3)12/h6,8,10,12H,4-5H2,1-3H3. The highest BCUT2D eigenvalue weighted by atomic mass is 19.1. The van der Waals surface area contributed by atoms with Crippen LogP contribution in [0.15, 0.2) is 11.4 Å². The number of allylic oxidation sites excluding steroid dienone is 1. The highest BCUT2D eigenvalue weighted by Crippen LogP contribution is 2.36. The van der Waals surface area contributed by atoms with Crippen LogP contribution >= 0.6 is 0 Å². The summed E-state index contributed by atoms with van der Waals surface area (Å²) < 4.78 is 13.1. The van der Waals surface area contributed by atoms with E-state index >= 15 is 0 Å². The van der Waals surface area contributed by atoms with Gasteiger partial charge in [0.1, 0.15) is 0 Å². The average Bonchev–Trinajstić information content (AvgIpc) is 1.97. The molecule has 3 unspecified atom stereocenters. The van der Waals surface area contributed by atoms with Gasteiger partial charge in [-0.3, -0.25) is 0 Å². The summed E-state index contributed by atoms with van der Waals surface area (Å²) in [6.07, 6.45) is 0.987. The molecule has 1 rings (SSSR count). The van der Waals surface area contributed by atoms with Gasteiger partial charge in [0.25, 0.3) is 0 Å². The van der Waals surface area contributed by atoms with Crippen molar-refractivity contribution >= 4 is 0 Å². The third-order valence-corrected chi connectivity index (χ3v) is 2.88. The van der Waals surface area contributed by atoms with Crippen molar-refractivity contribution in [3.05, 3.63) is 11.4 Å². The van der Waals surface area contributed by atoms with E-state index in [0.717, 1.165) is 12.0 Å². The van der Waals surface area contributed by atoms with Crippen LogP contribution in [0.4, 0.5) is 4.39 Å². The largest absolute Gasteiger partial charge is 0.393 e. The van der Waals surface area contributed by atoms with Crippen LogP contribution in [0.3, 0.4) is 0 Å². The summed E-state index contributed by atoms with van der Waals surface area (Å²) in [4.78, 5) is 0. The zero-order chi connectivity index (χ0) is 9.30. The van der Waals surface area contributed by atoms with Gasteiger partial charge in [-0.2, -0.15) is 0 Å². The van der Waals surface area contributed by atoms with Gasteiger partial charge in [-0.05, 0) is 38.2 Å². The Balaban J connectivity index is 2.86. The minimum atomic E-state index is -0.425. The van der Waals surface area contributed by atoms with Crippen molar-refractivity contribution in [2.45, 2.75) is 39.7 Å². The third kappa shape index (κ3) is 1.69. The first kappa shape index (κ1) is 9.72. The van der Waals surface area contributed by atoms with Gasteiger partial charge < -0.3 is 5.11 Å². The number of halogens is 1. The number of hydrogen-bond donors (Lipinski definition) is 1. The molecule has 1 aliphatic carbocycles. The molecule has 12 heavy (non-hydrogen) atoms. The molecule has 0 amide bonds. The van der Waals surface area contributed by atoms with Crippen molar-refractivity contribution in [3.63, 3.8) is 0 Å². The number of aliphatic hydroxyl groups excluding tert-OH is 1. The minimum Gasteiger partial charge on any atom is -0.393 e. The topological polar surface area (TPSA) is 20.2 Å². The van der Waals surface area contributed by atoms with E-state index in [1.165, 1.54) is 0 Å². The van der Waals surface area contributed by atoms with Crippen LogP contribution in [-0.4, -0.2) is 11.2 Å². The van der Waals surface area contributed by atoms with Gasteiger partial charge >= 0.3 is 0 Å². The lowest BCUT2D eigenvalue weighted by atomic mass is 9.77. The van der Waals surface area contributed by atoms with E-state index in [-0.39, 0.29) is 11.7 Å². The summed E-state index contributed by atoms with van der Waals surface area (Å²) in [5.74, 6) is 0.419. The summed E-state index contributed by atoms with van der Waals surface area (Å²) in [5, 5.41) is 9.43. The Morgan fingerprint density at radius 3 is 2.58 bits per heavy atom. The normalized spacial score (nSPS) is 33.8. The molecule has 0 spiro atoms. The fraction of sp³-hybridized carbons (Fsp3) is 0.800. The Morgan fingerprint density at radius 2 is 2.17 bits per heavy atom. The van der Waals surface area contributed by atoms with Gasteiger partial charge in [-0.1, -0.05) is 6.92 Å². The van der Waals surface area contributed by atoms with Crippen molar-refractivity contribution in [2.75, 3.05) is 0 Å². The second kappa shape index (κ2) is 3.56. The van der Waals surface area contributed by atoms with Crippen LogP contribution in [0.5, 0.6) is 0 Å². The molecule has 70 valence electrons. The molecule has 0 aromatic heterocycles. The maximum absolute atomic E-state index is 13.1. The zero-order valence-corrected chi connectivity index (χ0v) is 7.97. The maximum atomic E-state index is 13.1. The molecule has 1 nitrogen and oxygen atoms in total. The first-order valence-corrected chi connectivity index (χ1v) is 4.57. The van der Waals surface area contributed by atoms with Crippen molar-refractivity contribution in [3.8, 4) is 0 Å². The molecule has 0 saturated heterocycles. The Labute approximate surface area is 73.3 Å². The highest BCUT2D eigenvalue weighted by Gasteiger charge is 2.29. The first-order chi connectivity index (χ1) is 5.54. The molecule has 0 heterocycles. The summed E-state index contributed by atoms with van der Waals surface area (Å²) in [6, 6.07) is 0. The number of hydrogen-bond acceptors (Lipinski definition) is 1. The SMILES string of the molecule is CC1=C(F)CCC(C)C1C(C)O. The second-order valence-corrected chi connectivity index (χ2v) is 3.87. The quantitative estimate of drug-likeness (QED) is 0.644. The lowest BCUT2D eigenvalue weighted by Crippen LogP contribution is -2.28. The van der Waals surface area contributed by atoms with Crippen molar-refractivity contribution < 1.29 is 9.50 Å². The van der Waals surface area contributed by atoms with Gasteiger partial charge in [0.05, 0.1) is 11.9 Å². The summed E-state index contributed by atoms with van der Waals surface area (Å²) in [6.45, 7) is 5.61. The Hall–Kier alpha value is -0.370. The molecule has 0 aromatic carbocycles. The number of aliphatic hydroxyl groups is 1. The van der Waals surface area contributed by atoms with Crippen LogP contribution in [0, 0.1) is 11.8 Å². The average molecular weight is 172 g/mol. The molecule has 0 bridgehead atoms. The number of rotatable bonds is 1. The molecular formula is C10H17FO. The van der Waals surface area contributed by atoms with E-state index in [1.54, 1.807) is 13.8 Å². The predicted molar refractivity (Wildman–Crippen MR) is 47.4 cm³/mol. The lowest BCUT2D eigenvalue weighted by molar-refractivity contribution is 0.102. The van der Waals surface area contributed by atoms with E-state index in [1.807, 2.05) is 0 Å². The second-order valence-electron chi connectivity index (χ2n) is 3.87. The molecule has 0 radical (unpaired) electrons. The molecule has 0 aliphatic heterocycles. The van der Waals surface area contributed by atoms with Crippen LogP contribution in [0.2, 0.25) is 0 Å². The van der Waals surface area contributed by atoms with Gasteiger partial charge in [0.15, 0.2) is 0 Å². The third-order valence-electron chi connectivity index (χ3n) is 2.88. The van der Waals surface area contributed by atoms with Gasteiger partial charge in [0, 0.05) is 5.92 Å². The van der Waals surface area contributed by atoms with Crippen LogP contribution in [0.25, 0.3) is 0 Å². The minimum absolute atomic E-state index is 0.0148. The predicted octanol–water partition coefficient (Wildman–Crippen LogP) is 2.66. The Morgan fingerprint density at radius 1 is 1.58 bits per heavy atom. The van der Waals surface area contributed by atoms with Gasteiger partial charge in [0.2, 0.25) is 0 Å². The summed E-state index contributed by atoms with van der Waals surface area (Å²) in [7, 11) is 0. The fourth-order valence-corrected chi connectivity index (χ4v) is 2.18. The molecule has 0 aromatic rings. The van der Waals surface area contributed by atoms with E-state index in [2.05, 4.69) is 6.92 Å². The maximum Gasteiger partial charge on any atom is 0.0992 e. The monoisotopic (exact) mass is 172 g/mol. The van der Waals surface area contributed by atoms with E-state index in [4.69, 9.17) is 0 Å².